The van der Waals surface area contributed by atoms with E-state index in [9.17, 15) is 0 Å². The molecule has 0 radical (unpaired) electrons. The molecule has 0 bridgehead atoms. The summed E-state index contributed by atoms with van der Waals surface area (Å²) in [6.07, 6.45) is 7.25. The van der Waals surface area contributed by atoms with Crippen LogP contribution < -0.4 is 4.46 Å². The van der Waals surface area contributed by atoms with Gasteiger partial charge in [-0.2, -0.15) is 0 Å². The van der Waals surface area contributed by atoms with Crippen molar-refractivity contribution >= 4 is 42.1 Å². The minimum absolute atomic E-state index is 0.0775. The summed E-state index contributed by atoms with van der Waals surface area (Å²) in [5, 5.41) is 10.7. The molecule has 0 aliphatic carbocycles. The van der Waals surface area contributed by atoms with Gasteiger partial charge in [-0.15, -0.1) is 0 Å². The number of para-hydroxylation sites is 1. The number of thioether (sulfide) groups is 1. The van der Waals surface area contributed by atoms with Crippen LogP contribution in [0.4, 0.5) is 0 Å². The Labute approximate surface area is 129 Å². The van der Waals surface area contributed by atoms with Crippen molar-refractivity contribution in [2.75, 3.05) is 12.4 Å². The monoisotopic (exact) mass is 347 g/mol. The van der Waals surface area contributed by atoms with Gasteiger partial charge in [-0.3, -0.25) is 0 Å². The van der Waals surface area contributed by atoms with E-state index in [1.54, 1.807) is 11.8 Å². The maximum atomic E-state index is 8.70. The van der Waals surface area contributed by atoms with Crippen molar-refractivity contribution < 1.29 is 5.11 Å². The molecule has 4 heteroatoms. The van der Waals surface area contributed by atoms with E-state index in [1.807, 2.05) is 24.4 Å². The Bertz CT molecular complexity index is 697. The first kappa shape index (κ1) is 15.0. The zero-order valence-electron chi connectivity index (χ0n) is 10.8. The van der Waals surface area contributed by atoms with Crippen LogP contribution in [-0.4, -0.2) is 37.4 Å². The molecule has 2 nitrogen and oxygen atoms in total. The molecular weight excluding hydrogens is 333 g/mol. The molecular formula is C16H13NOSSe. The van der Waals surface area contributed by atoms with Gasteiger partial charge >= 0.3 is 129 Å². The average molecular weight is 346 g/mol. The van der Waals surface area contributed by atoms with E-state index in [2.05, 4.69) is 28.8 Å². The summed E-state index contributed by atoms with van der Waals surface area (Å²) in [5.41, 5.74) is 1.00. The predicted molar refractivity (Wildman–Crippen MR) is 86.4 cm³/mol. The fourth-order valence-corrected chi connectivity index (χ4v) is 4.73. The Balaban J connectivity index is 2.36. The summed E-state index contributed by atoms with van der Waals surface area (Å²) >= 11 is 1.87. The fourth-order valence-electron chi connectivity index (χ4n) is 1.68. The van der Waals surface area contributed by atoms with Gasteiger partial charge in [-0.05, 0) is 0 Å². The van der Waals surface area contributed by atoms with Crippen molar-refractivity contribution in [1.82, 2.24) is 4.98 Å². The molecule has 0 amide bonds. The number of hydrogen-bond donors (Lipinski definition) is 1. The maximum absolute atomic E-state index is 8.70. The van der Waals surface area contributed by atoms with Gasteiger partial charge in [-0.25, -0.2) is 0 Å². The van der Waals surface area contributed by atoms with E-state index in [4.69, 9.17) is 11.5 Å². The van der Waals surface area contributed by atoms with E-state index in [0.717, 1.165) is 15.7 Å². The number of nitrogens with zero attached hydrogens (tertiary/aromatic N) is 1. The summed E-state index contributed by atoms with van der Waals surface area (Å²) < 4.78 is 1.30. The summed E-state index contributed by atoms with van der Waals surface area (Å²) in [7, 11) is 0. The number of aromatic nitrogens is 1. The van der Waals surface area contributed by atoms with Crippen molar-refractivity contribution in [2.24, 2.45) is 0 Å². The Morgan fingerprint density at radius 2 is 2.15 bits per heavy atom. The molecule has 0 fully saturated rings. The van der Waals surface area contributed by atoms with Crippen LogP contribution in [0.2, 0.25) is 5.32 Å². The van der Waals surface area contributed by atoms with E-state index >= 15 is 0 Å². The van der Waals surface area contributed by atoms with Gasteiger partial charge in [0.2, 0.25) is 0 Å². The molecule has 1 aromatic carbocycles. The van der Waals surface area contributed by atoms with Crippen LogP contribution in [0.3, 0.4) is 0 Å². The SMILES string of the molecule is C#CCSc1cnc2ccccc2c1[Se]CC#CCO. The second-order valence-electron chi connectivity index (χ2n) is 3.76. The molecule has 0 spiro atoms. The van der Waals surface area contributed by atoms with Gasteiger partial charge < -0.3 is 0 Å². The molecule has 0 saturated heterocycles. The van der Waals surface area contributed by atoms with Gasteiger partial charge in [0.05, 0.1) is 0 Å². The number of aliphatic hydroxyl groups is 1. The second-order valence-corrected chi connectivity index (χ2v) is 6.85. The number of pyridine rings is 1. The van der Waals surface area contributed by atoms with E-state index in [0.29, 0.717) is 5.75 Å². The quantitative estimate of drug-likeness (QED) is 0.520. The number of benzene rings is 1. The Hall–Kier alpha value is -1.42. The molecule has 0 aliphatic rings. The average Bonchev–Trinajstić information content (AvgIpc) is 2.50. The molecule has 1 heterocycles. The van der Waals surface area contributed by atoms with Gasteiger partial charge in [0.25, 0.3) is 0 Å². The zero-order chi connectivity index (χ0) is 14.2. The summed E-state index contributed by atoms with van der Waals surface area (Å²) in [6.45, 7) is -0.0775. The first-order chi connectivity index (χ1) is 9.86. The third-order valence-electron chi connectivity index (χ3n) is 2.50. The van der Waals surface area contributed by atoms with Gasteiger partial charge in [0, 0.05) is 0 Å². The van der Waals surface area contributed by atoms with Crippen LogP contribution in [0.25, 0.3) is 10.9 Å². The first-order valence-corrected chi connectivity index (χ1v) is 9.05. The standard InChI is InChI=1S/C16H13NOSSe/c1-2-10-19-15-12-17-14-8-4-3-7-13(14)16(15)20-11-6-5-9-18/h1,3-4,7-8,12,18H,9-11H2. The number of aliphatic hydroxyl groups excluding tert-OH is 1. The van der Waals surface area contributed by atoms with Crippen molar-refractivity contribution in [3.63, 3.8) is 0 Å². The topological polar surface area (TPSA) is 33.1 Å². The van der Waals surface area contributed by atoms with Crippen LogP contribution in [0.5, 0.6) is 0 Å². The molecule has 0 aliphatic heterocycles. The van der Waals surface area contributed by atoms with Crippen LogP contribution >= 0.6 is 11.8 Å². The molecule has 20 heavy (non-hydrogen) atoms. The summed E-state index contributed by atoms with van der Waals surface area (Å²) in [4.78, 5) is 5.63. The third-order valence-corrected chi connectivity index (χ3v) is 5.85. The fraction of sp³-hybridized carbons (Fsp3) is 0.188. The van der Waals surface area contributed by atoms with E-state index in [1.165, 1.54) is 9.85 Å². The first-order valence-electron chi connectivity index (χ1n) is 6.00. The third kappa shape index (κ3) is 3.79. The van der Waals surface area contributed by atoms with Crippen molar-refractivity contribution in [3.8, 4) is 24.2 Å². The molecule has 0 saturated carbocycles. The molecule has 1 N–H and O–H groups in total. The van der Waals surface area contributed by atoms with Crippen molar-refractivity contribution in [1.29, 1.82) is 0 Å². The number of rotatable bonds is 4. The molecule has 100 valence electrons. The number of fused-ring (bicyclic) bond motifs is 1. The Morgan fingerprint density at radius 1 is 1.30 bits per heavy atom. The number of hydrogen-bond acceptors (Lipinski definition) is 3. The zero-order valence-corrected chi connectivity index (χ0v) is 13.3. The molecule has 2 aromatic rings. The second kappa shape index (κ2) is 8.00. The Morgan fingerprint density at radius 3 is 2.95 bits per heavy atom. The van der Waals surface area contributed by atoms with Gasteiger partial charge in [0.1, 0.15) is 0 Å². The van der Waals surface area contributed by atoms with Crippen LogP contribution in [0.1, 0.15) is 0 Å². The normalized spacial score (nSPS) is 9.80. The van der Waals surface area contributed by atoms with Crippen LogP contribution in [0, 0.1) is 24.2 Å². The van der Waals surface area contributed by atoms with Gasteiger partial charge in [-0.1, -0.05) is 0 Å². The molecule has 0 atom stereocenters. The number of terminal acetylenes is 1. The van der Waals surface area contributed by atoms with Gasteiger partial charge in [0.15, 0.2) is 0 Å². The van der Waals surface area contributed by atoms with E-state index < -0.39 is 0 Å². The molecule has 1 aromatic heterocycles. The van der Waals surface area contributed by atoms with Crippen LogP contribution in [-0.2, 0) is 0 Å². The Kier molecular flexibility index (Phi) is 5.99. The van der Waals surface area contributed by atoms with Crippen molar-refractivity contribution in [2.45, 2.75) is 10.2 Å². The summed E-state index contributed by atoms with van der Waals surface area (Å²) in [6, 6.07) is 8.13. The predicted octanol–water partition coefficient (Wildman–Crippen LogP) is 1.70. The minimum atomic E-state index is -0.0775. The van der Waals surface area contributed by atoms with E-state index in [-0.39, 0.29) is 21.6 Å². The van der Waals surface area contributed by atoms with Crippen LogP contribution in [0.15, 0.2) is 35.4 Å². The molecule has 2 rings (SSSR count). The summed E-state index contributed by atoms with van der Waals surface area (Å²) in [5.74, 6) is 8.98. The molecule has 0 unspecified atom stereocenters. The van der Waals surface area contributed by atoms with Crippen molar-refractivity contribution in [3.05, 3.63) is 30.5 Å².